The van der Waals surface area contributed by atoms with E-state index < -0.39 is 6.10 Å². The second kappa shape index (κ2) is 8.57. The zero-order chi connectivity index (χ0) is 13.4. The number of aliphatic hydroxyl groups excluding tert-OH is 1. The molecular formula is C15H25NOS. The average Bonchev–Trinajstić information content (AvgIpc) is 2.37. The van der Waals surface area contributed by atoms with Crippen LogP contribution in [0.2, 0.25) is 0 Å². The van der Waals surface area contributed by atoms with E-state index in [-0.39, 0.29) is 0 Å². The van der Waals surface area contributed by atoms with E-state index in [0.29, 0.717) is 13.0 Å². The quantitative estimate of drug-likeness (QED) is 0.707. The molecule has 0 saturated carbocycles. The minimum Gasteiger partial charge on any atom is -0.388 e. The molecule has 0 amide bonds. The van der Waals surface area contributed by atoms with Crippen molar-refractivity contribution in [2.24, 2.45) is 11.7 Å². The minimum absolute atomic E-state index is 0.427. The molecule has 3 N–H and O–H groups in total. The molecule has 0 aromatic heterocycles. The SMILES string of the molecule is CCCC(C)CSc1cccc(C(O)CCN)c1. The fourth-order valence-corrected chi connectivity index (χ4v) is 2.99. The van der Waals surface area contributed by atoms with Crippen LogP contribution in [0.4, 0.5) is 0 Å². The summed E-state index contributed by atoms with van der Waals surface area (Å²) in [7, 11) is 0. The predicted octanol–water partition coefficient (Wildman–Crippen LogP) is 3.60. The molecule has 0 spiro atoms. The van der Waals surface area contributed by atoms with E-state index in [1.54, 1.807) is 0 Å². The van der Waals surface area contributed by atoms with Gasteiger partial charge in [-0.25, -0.2) is 0 Å². The molecule has 0 bridgehead atoms. The lowest BCUT2D eigenvalue weighted by molar-refractivity contribution is 0.170. The standard InChI is InChI=1S/C15H25NOS/c1-3-5-12(2)11-18-14-7-4-6-13(10-14)15(17)8-9-16/h4,6-7,10,12,15,17H,3,5,8-9,11,16H2,1-2H3. The lowest BCUT2D eigenvalue weighted by Crippen LogP contribution is -2.06. The van der Waals surface area contributed by atoms with Crippen LogP contribution in [-0.4, -0.2) is 17.4 Å². The third kappa shape index (κ3) is 5.42. The smallest absolute Gasteiger partial charge is 0.0802 e. The molecule has 1 rings (SSSR count). The van der Waals surface area contributed by atoms with Crippen molar-refractivity contribution in [3.63, 3.8) is 0 Å². The van der Waals surface area contributed by atoms with Crippen molar-refractivity contribution in [2.75, 3.05) is 12.3 Å². The topological polar surface area (TPSA) is 46.2 Å². The second-order valence-electron chi connectivity index (χ2n) is 4.87. The molecule has 18 heavy (non-hydrogen) atoms. The molecule has 0 saturated heterocycles. The molecule has 0 fully saturated rings. The highest BCUT2D eigenvalue weighted by Crippen LogP contribution is 2.26. The van der Waals surface area contributed by atoms with E-state index in [2.05, 4.69) is 26.0 Å². The van der Waals surface area contributed by atoms with Crippen molar-refractivity contribution in [3.8, 4) is 0 Å². The summed E-state index contributed by atoms with van der Waals surface area (Å²) in [4.78, 5) is 1.24. The van der Waals surface area contributed by atoms with Crippen LogP contribution in [0.1, 0.15) is 44.8 Å². The molecule has 102 valence electrons. The summed E-state index contributed by atoms with van der Waals surface area (Å²) in [6.07, 6.45) is 2.73. The van der Waals surface area contributed by atoms with E-state index in [9.17, 15) is 5.11 Å². The zero-order valence-corrected chi connectivity index (χ0v) is 12.2. The Kier molecular flexibility index (Phi) is 7.40. The minimum atomic E-state index is -0.427. The molecule has 0 radical (unpaired) electrons. The largest absolute Gasteiger partial charge is 0.388 e. The van der Waals surface area contributed by atoms with Gasteiger partial charge in [0, 0.05) is 10.6 Å². The summed E-state index contributed by atoms with van der Waals surface area (Å²) in [6, 6.07) is 8.19. The zero-order valence-electron chi connectivity index (χ0n) is 11.4. The highest BCUT2D eigenvalue weighted by atomic mass is 32.2. The van der Waals surface area contributed by atoms with Crippen LogP contribution in [0.25, 0.3) is 0 Å². The fraction of sp³-hybridized carbons (Fsp3) is 0.600. The normalized spacial score (nSPS) is 14.4. The molecule has 1 aromatic carbocycles. The summed E-state index contributed by atoms with van der Waals surface area (Å²) in [5.74, 6) is 1.89. The summed E-state index contributed by atoms with van der Waals surface area (Å²) >= 11 is 1.88. The molecule has 0 aliphatic rings. The molecular weight excluding hydrogens is 242 g/mol. The van der Waals surface area contributed by atoms with Gasteiger partial charge in [0.25, 0.3) is 0 Å². The van der Waals surface area contributed by atoms with Gasteiger partial charge in [0.15, 0.2) is 0 Å². The maximum absolute atomic E-state index is 9.92. The van der Waals surface area contributed by atoms with Gasteiger partial charge in [-0.1, -0.05) is 38.8 Å². The maximum atomic E-state index is 9.92. The van der Waals surface area contributed by atoms with E-state index in [1.807, 2.05) is 23.9 Å². The number of aliphatic hydroxyl groups is 1. The van der Waals surface area contributed by atoms with Gasteiger partial charge in [0.05, 0.1) is 6.10 Å². The van der Waals surface area contributed by atoms with Crippen LogP contribution in [0, 0.1) is 5.92 Å². The first-order valence-electron chi connectivity index (χ1n) is 6.78. The third-order valence-corrected chi connectivity index (χ3v) is 4.32. The van der Waals surface area contributed by atoms with Crippen molar-refractivity contribution in [3.05, 3.63) is 29.8 Å². The molecule has 2 atom stereocenters. The lowest BCUT2D eigenvalue weighted by Gasteiger charge is -2.12. The van der Waals surface area contributed by atoms with Gasteiger partial charge in [0.2, 0.25) is 0 Å². The fourth-order valence-electron chi connectivity index (χ4n) is 1.95. The number of benzene rings is 1. The van der Waals surface area contributed by atoms with Crippen molar-refractivity contribution in [1.29, 1.82) is 0 Å². The van der Waals surface area contributed by atoms with Gasteiger partial charge >= 0.3 is 0 Å². The number of nitrogens with two attached hydrogens (primary N) is 1. The maximum Gasteiger partial charge on any atom is 0.0802 e. The predicted molar refractivity (Wildman–Crippen MR) is 79.9 cm³/mol. The molecule has 1 aromatic rings. The Hall–Kier alpha value is -0.510. The van der Waals surface area contributed by atoms with E-state index in [1.165, 1.54) is 17.7 Å². The Labute approximate surface area is 115 Å². The van der Waals surface area contributed by atoms with Gasteiger partial charge in [-0.2, -0.15) is 0 Å². The second-order valence-corrected chi connectivity index (χ2v) is 5.96. The number of rotatable bonds is 8. The molecule has 3 heteroatoms. The Balaban J connectivity index is 2.54. The summed E-state index contributed by atoms with van der Waals surface area (Å²) in [5, 5.41) is 9.92. The Morgan fingerprint density at radius 2 is 2.11 bits per heavy atom. The van der Waals surface area contributed by atoms with Crippen molar-refractivity contribution >= 4 is 11.8 Å². The molecule has 2 unspecified atom stereocenters. The van der Waals surface area contributed by atoms with Crippen LogP contribution < -0.4 is 5.73 Å². The first-order valence-corrected chi connectivity index (χ1v) is 7.76. The van der Waals surface area contributed by atoms with E-state index >= 15 is 0 Å². The molecule has 0 aliphatic carbocycles. The number of thioether (sulfide) groups is 1. The first-order chi connectivity index (χ1) is 8.67. The average molecular weight is 267 g/mol. The van der Waals surface area contributed by atoms with Crippen LogP contribution in [0.15, 0.2) is 29.2 Å². The van der Waals surface area contributed by atoms with Gasteiger partial charge in [-0.05, 0) is 36.6 Å². The first kappa shape index (κ1) is 15.5. The van der Waals surface area contributed by atoms with Gasteiger partial charge < -0.3 is 10.8 Å². The van der Waals surface area contributed by atoms with Crippen LogP contribution in [0.3, 0.4) is 0 Å². The van der Waals surface area contributed by atoms with Crippen molar-refractivity contribution in [2.45, 2.75) is 44.1 Å². The van der Waals surface area contributed by atoms with E-state index in [4.69, 9.17) is 5.73 Å². The number of hydrogen-bond acceptors (Lipinski definition) is 3. The third-order valence-electron chi connectivity index (χ3n) is 3.00. The van der Waals surface area contributed by atoms with Crippen LogP contribution >= 0.6 is 11.8 Å². The van der Waals surface area contributed by atoms with Gasteiger partial charge in [-0.15, -0.1) is 11.8 Å². The lowest BCUT2D eigenvalue weighted by atomic mass is 10.1. The van der Waals surface area contributed by atoms with Crippen LogP contribution in [-0.2, 0) is 0 Å². The number of hydrogen-bond donors (Lipinski definition) is 2. The van der Waals surface area contributed by atoms with Crippen molar-refractivity contribution in [1.82, 2.24) is 0 Å². The van der Waals surface area contributed by atoms with E-state index in [0.717, 1.165) is 17.2 Å². The van der Waals surface area contributed by atoms with Gasteiger partial charge in [0.1, 0.15) is 0 Å². The highest BCUT2D eigenvalue weighted by Gasteiger charge is 2.08. The summed E-state index contributed by atoms with van der Waals surface area (Å²) < 4.78 is 0. The Morgan fingerprint density at radius 1 is 1.33 bits per heavy atom. The van der Waals surface area contributed by atoms with Crippen molar-refractivity contribution < 1.29 is 5.11 Å². The monoisotopic (exact) mass is 267 g/mol. The Bertz CT molecular complexity index is 343. The molecule has 0 aliphatic heterocycles. The molecule has 0 heterocycles. The summed E-state index contributed by atoms with van der Waals surface area (Å²) in [6.45, 7) is 5.04. The van der Waals surface area contributed by atoms with Crippen LogP contribution in [0.5, 0.6) is 0 Å². The highest BCUT2D eigenvalue weighted by molar-refractivity contribution is 7.99. The summed E-state index contributed by atoms with van der Waals surface area (Å²) in [5.41, 5.74) is 6.45. The molecule has 2 nitrogen and oxygen atoms in total. The Morgan fingerprint density at radius 3 is 2.78 bits per heavy atom. The van der Waals surface area contributed by atoms with Gasteiger partial charge in [-0.3, -0.25) is 0 Å².